The average molecular weight is 426 g/mol. The number of nitrogens with zero attached hydrogens (tertiary/aromatic N) is 2. The van der Waals surface area contributed by atoms with Crippen LogP contribution in [0.15, 0.2) is 41.2 Å². The molecule has 0 atom stereocenters. The van der Waals surface area contributed by atoms with E-state index in [-0.39, 0.29) is 5.43 Å². The van der Waals surface area contributed by atoms with Gasteiger partial charge in [-0.1, -0.05) is 27.7 Å². The smallest absolute Gasteiger partial charge is 0.197 e. The molecular formula is C25H35N3O3. The minimum absolute atomic E-state index is 0.00728. The minimum Gasteiger partial charge on any atom is -0.492 e. The number of H-pyrrole nitrogens is 1. The first-order chi connectivity index (χ1) is 15.1. The molecule has 6 heteroatoms. The Balaban J connectivity index is 1.78. The molecule has 0 amide bonds. The molecule has 0 aliphatic heterocycles. The number of nitrogens with one attached hydrogen (secondary N) is 1. The number of pyridine rings is 1. The molecule has 1 heterocycles. The van der Waals surface area contributed by atoms with Crippen molar-refractivity contribution in [1.82, 2.24) is 14.8 Å². The summed E-state index contributed by atoms with van der Waals surface area (Å²) in [6.45, 7) is 15.5. The number of hydrogen-bond donors (Lipinski definition) is 1. The average Bonchev–Trinajstić information content (AvgIpc) is 2.80. The van der Waals surface area contributed by atoms with Gasteiger partial charge in [0.05, 0.1) is 11.0 Å². The molecule has 0 unspecified atom stereocenters. The Bertz CT molecular complexity index is 960. The molecular weight excluding hydrogens is 390 g/mol. The Morgan fingerprint density at radius 3 is 1.52 bits per heavy atom. The molecule has 1 N–H and O–H groups in total. The van der Waals surface area contributed by atoms with Crippen LogP contribution in [0, 0.1) is 0 Å². The minimum atomic E-state index is -0.00728. The zero-order valence-corrected chi connectivity index (χ0v) is 19.2. The Morgan fingerprint density at radius 1 is 0.710 bits per heavy atom. The molecule has 0 saturated carbocycles. The first-order valence-electron chi connectivity index (χ1n) is 11.4. The number of ether oxygens (including phenoxy) is 2. The van der Waals surface area contributed by atoms with Crippen LogP contribution in [0.1, 0.15) is 27.7 Å². The Morgan fingerprint density at radius 2 is 1.13 bits per heavy atom. The number of hydrogen-bond acceptors (Lipinski definition) is 5. The van der Waals surface area contributed by atoms with Crippen molar-refractivity contribution >= 4 is 21.8 Å². The lowest BCUT2D eigenvalue weighted by Gasteiger charge is -2.18. The van der Waals surface area contributed by atoms with Crippen LogP contribution in [0.4, 0.5) is 0 Å². The Kier molecular flexibility index (Phi) is 8.32. The van der Waals surface area contributed by atoms with Gasteiger partial charge in [0.25, 0.3) is 0 Å². The van der Waals surface area contributed by atoms with Crippen molar-refractivity contribution in [2.24, 2.45) is 0 Å². The maximum absolute atomic E-state index is 13.2. The third-order valence-corrected chi connectivity index (χ3v) is 5.88. The highest BCUT2D eigenvalue weighted by Crippen LogP contribution is 2.23. The van der Waals surface area contributed by atoms with Gasteiger partial charge in [0.1, 0.15) is 24.7 Å². The van der Waals surface area contributed by atoms with Crippen LogP contribution < -0.4 is 14.9 Å². The Labute approximate surface area is 184 Å². The molecule has 0 aliphatic rings. The normalized spacial score (nSPS) is 11.7. The highest BCUT2D eigenvalue weighted by Gasteiger charge is 2.09. The summed E-state index contributed by atoms with van der Waals surface area (Å²) in [5, 5.41) is 1.27. The number of fused-ring (bicyclic) bond motifs is 2. The van der Waals surface area contributed by atoms with Gasteiger partial charge in [-0.2, -0.15) is 0 Å². The van der Waals surface area contributed by atoms with E-state index in [2.05, 4.69) is 42.5 Å². The summed E-state index contributed by atoms with van der Waals surface area (Å²) in [5.41, 5.74) is 1.61. The molecule has 0 spiro atoms. The van der Waals surface area contributed by atoms with Gasteiger partial charge in [0, 0.05) is 23.9 Å². The fourth-order valence-electron chi connectivity index (χ4n) is 3.78. The second kappa shape index (κ2) is 11.2. The van der Waals surface area contributed by atoms with E-state index in [4.69, 9.17) is 9.47 Å². The van der Waals surface area contributed by atoms with Gasteiger partial charge in [-0.3, -0.25) is 4.79 Å². The van der Waals surface area contributed by atoms with Gasteiger partial charge < -0.3 is 24.3 Å². The van der Waals surface area contributed by atoms with E-state index in [9.17, 15) is 4.79 Å². The fourth-order valence-corrected chi connectivity index (χ4v) is 3.78. The first kappa shape index (κ1) is 23.1. The van der Waals surface area contributed by atoms with Gasteiger partial charge >= 0.3 is 0 Å². The zero-order valence-electron chi connectivity index (χ0n) is 19.2. The van der Waals surface area contributed by atoms with Crippen LogP contribution in [0.5, 0.6) is 11.5 Å². The van der Waals surface area contributed by atoms with E-state index in [0.717, 1.165) is 61.8 Å². The van der Waals surface area contributed by atoms with E-state index in [1.807, 2.05) is 36.4 Å². The van der Waals surface area contributed by atoms with Crippen molar-refractivity contribution in [3.8, 4) is 11.5 Å². The predicted molar refractivity (Wildman–Crippen MR) is 129 cm³/mol. The van der Waals surface area contributed by atoms with Crippen LogP contribution in [0.2, 0.25) is 0 Å². The standard InChI is InChI=1S/C25H35N3O3/c1-5-27(6-2)13-15-30-19-9-11-23-21(17-19)25(29)22-18-20(10-12-24(22)26-23)31-16-14-28(7-3)8-4/h9-12,17-18H,5-8,13-16H2,1-4H3,(H,26,29). The molecule has 3 rings (SSSR count). The molecule has 6 nitrogen and oxygen atoms in total. The molecule has 31 heavy (non-hydrogen) atoms. The zero-order chi connectivity index (χ0) is 22.2. The van der Waals surface area contributed by atoms with Gasteiger partial charge in [0.15, 0.2) is 5.43 Å². The van der Waals surface area contributed by atoms with E-state index in [1.165, 1.54) is 0 Å². The molecule has 2 aromatic carbocycles. The van der Waals surface area contributed by atoms with Crippen molar-refractivity contribution in [3.63, 3.8) is 0 Å². The van der Waals surface area contributed by atoms with Gasteiger partial charge in [-0.15, -0.1) is 0 Å². The number of aromatic nitrogens is 1. The molecule has 0 bridgehead atoms. The Hall–Kier alpha value is -2.57. The topological polar surface area (TPSA) is 57.8 Å². The summed E-state index contributed by atoms with van der Waals surface area (Å²) in [7, 11) is 0. The lowest BCUT2D eigenvalue weighted by Crippen LogP contribution is -2.27. The summed E-state index contributed by atoms with van der Waals surface area (Å²) < 4.78 is 11.8. The fraction of sp³-hybridized carbons (Fsp3) is 0.480. The molecule has 168 valence electrons. The van der Waals surface area contributed by atoms with Gasteiger partial charge in [-0.25, -0.2) is 0 Å². The summed E-state index contributed by atoms with van der Waals surface area (Å²) >= 11 is 0. The predicted octanol–water partition coefficient (Wildman–Crippen LogP) is 4.12. The van der Waals surface area contributed by atoms with Crippen LogP contribution in [-0.2, 0) is 0 Å². The van der Waals surface area contributed by atoms with E-state index in [1.54, 1.807) is 0 Å². The summed E-state index contributed by atoms with van der Waals surface area (Å²) in [5.74, 6) is 1.44. The third kappa shape index (κ3) is 5.77. The highest BCUT2D eigenvalue weighted by molar-refractivity contribution is 5.93. The molecule has 0 saturated heterocycles. The van der Waals surface area contributed by atoms with Crippen LogP contribution >= 0.6 is 0 Å². The van der Waals surface area contributed by atoms with Gasteiger partial charge in [0.2, 0.25) is 0 Å². The van der Waals surface area contributed by atoms with Crippen molar-refractivity contribution < 1.29 is 9.47 Å². The van der Waals surface area contributed by atoms with Crippen LogP contribution in [0.25, 0.3) is 21.8 Å². The van der Waals surface area contributed by atoms with E-state index in [0.29, 0.717) is 24.0 Å². The van der Waals surface area contributed by atoms with Gasteiger partial charge in [-0.05, 0) is 62.6 Å². The van der Waals surface area contributed by atoms with Crippen LogP contribution in [-0.4, -0.2) is 67.3 Å². The summed E-state index contributed by atoms with van der Waals surface area (Å²) in [6, 6.07) is 11.3. The molecule has 0 radical (unpaired) electrons. The number of likely N-dealkylation sites (N-methyl/N-ethyl adjacent to an activating group) is 2. The quantitative estimate of drug-likeness (QED) is 0.442. The van der Waals surface area contributed by atoms with Crippen molar-refractivity contribution in [1.29, 1.82) is 0 Å². The lowest BCUT2D eigenvalue weighted by molar-refractivity contribution is 0.223. The highest BCUT2D eigenvalue weighted by atomic mass is 16.5. The lowest BCUT2D eigenvalue weighted by atomic mass is 10.1. The van der Waals surface area contributed by atoms with Crippen molar-refractivity contribution in [2.75, 3.05) is 52.5 Å². The van der Waals surface area contributed by atoms with E-state index < -0.39 is 0 Å². The third-order valence-electron chi connectivity index (χ3n) is 5.88. The number of rotatable bonds is 12. The van der Waals surface area contributed by atoms with Crippen molar-refractivity contribution in [3.05, 3.63) is 46.6 Å². The summed E-state index contributed by atoms with van der Waals surface area (Å²) in [4.78, 5) is 21.2. The van der Waals surface area contributed by atoms with E-state index >= 15 is 0 Å². The SMILES string of the molecule is CCN(CC)CCOc1ccc2[nH]c3ccc(OCCN(CC)CC)cc3c(=O)c2c1. The summed E-state index contributed by atoms with van der Waals surface area (Å²) in [6.07, 6.45) is 0. The largest absolute Gasteiger partial charge is 0.492 e. The monoisotopic (exact) mass is 425 g/mol. The van der Waals surface area contributed by atoms with Crippen LogP contribution in [0.3, 0.4) is 0 Å². The maximum atomic E-state index is 13.2. The number of benzene rings is 2. The van der Waals surface area contributed by atoms with Crippen molar-refractivity contribution in [2.45, 2.75) is 27.7 Å². The molecule has 0 aliphatic carbocycles. The number of aromatic amines is 1. The maximum Gasteiger partial charge on any atom is 0.197 e. The molecule has 0 fully saturated rings. The first-order valence-corrected chi connectivity index (χ1v) is 11.4. The molecule has 3 aromatic rings. The second-order valence-electron chi connectivity index (χ2n) is 7.62. The molecule has 1 aromatic heterocycles. The second-order valence-corrected chi connectivity index (χ2v) is 7.62.